The Morgan fingerprint density at radius 1 is 1.09 bits per heavy atom. The molecule has 0 radical (unpaired) electrons. The lowest BCUT2D eigenvalue weighted by atomic mass is 10.2. The van der Waals surface area contributed by atoms with Crippen LogP contribution in [0.2, 0.25) is 10.0 Å². The summed E-state index contributed by atoms with van der Waals surface area (Å²) in [5.74, 6) is 1.50. The molecule has 3 aromatic rings. The van der Waals surface area contributed by atoms with E-state index in [0.717, 1.165) is 24.3 Å². The fraction of sp³-hybridized carbons (Fsp3) is 0.208. The first kappa shape index (κ1) is 22.3. The Labute approximate surface area is 196 Å². The van der Waals surface area contributed by atoms with Crippen molar-refractivity contribution in [3.8, 4) is 17.1 Å². The van der Waals surface area contributed by atoms with E-state index in [-0.39, 0.29) is 5.91 Å². The van der Waals surface area contributed by atoms with E-state index in [1.165, 1.54) is 6.08 Å². The highest BCUT2D eigenvalue weighted by Gasteiger charge is 2.16. The van der Waals surface area contributed by atoms with Crippen molar-refractivity contribution in [2.45, 2.75) is 0 Å². The van der Waals surface area contributed by atoms with Crippen LogP contribution < -0.4 is 15.0 Å². The molecule has 0 bridgehead atoms. The molecule has 0 spiro atoms. The van der Waals surface area contributed by atoms with Crippen LogP contribution in [0.5, 0.6) is 5.75 Å². The van der Waals surface area contributed by atoms with Crippen LogP contribution in [-0.2, 0) is 9.53 Å². The molecule has 1 aliphatic heterocycles. The first-order valence-corrected chi connectivity index (χ1v) is 10.8. The number of benzene rings is 2. The summed E-state index contributed by atoms with van der Waals surface area (Å²) in [6, 6.07) is 14.4. The van der Waals surface area contributed by atoms with Gasteiger partial charge in [0.25, 0.3) is 0 Å². The second kappa shape index (κ2) is 10.1. The maximum absolute atomic E-state index is 12.6. The number of amides is 1. The van der Waals surface area contributed by atoms with E-state index in [4.69, 9.17) is 37.1 Å². The van der Waals surface area contributed by atoms with Gasteiger partial charge in [0.05, 0.1) is 36.7 Å². The molecule has 0 unspecified atom stereocenters. The van der Waals surface area contributed by atoms with E-state index in [9.17, 15) is 4.79 Å². The first-order chi connectivity index (χ1) is 15.5. The van der Waals surface area contributed by atoms with Crippen molar-refractivity contribution in [2.75, 3.05) is 43.6 Å². The second-order valence-corrected chi connectivity index (χ2v) is 7.97. The Morgan fingerprint density at radius 2 is 1.91 bits per heavy atom. The quantitative estimate of drug-likeness (QED) is 0.462. The largest absolute Gasteiger partial charge is 0.497 e. The lowest BCUT2D eigenvalue weighted by molar-refractivity contribution is -0.111. The van der Waals surface area contributed by atoms with Crippen LogP contribution in [0.15, 0.2) is 59.0 Å². The fourth-order valence-corrected chi connectivity index (χ4v) is 3.93. The molecule has 1 aliphatic rings. The summed E-state index contributed by atoms with van der Waals surface area (Å²) in [7, 11) is 1.59. The van der Waals surface area contributed by atoms with Gasteiger partial charge in [-0.2, -0.15) is 0 Å². The predicted molar refractivity (Wildman–Crippen MR) is 128 cm³/mol. The molecule has 166 valence electrons. The average molecular weight is 473 g/mol. The third-order valence-electron chi connectivity index (χ3n) is 5.04. The van der Waals surface area contributed by atoms with Gasteiger partial charge in [0.1, 0.15) is 17.3 Å². The third-order valence-corrected chi connectivity index (χ3v) is 5.58. The van der Waals surface area contributed by atoms with Gasteiger partial charge in [-0.25, -0.2) is 0 Å². The average Bonchev–Trinajstić information content (AvgIpc) is 3.27. The summed E-state index contributed by atoms with van der Waals surface area (Å²) in [6.45, 7) is 2.82. The maximum atomic E-state index is 12.6. The van der Waals surface area contributed by atoms with Gasteiger partial charge in [0.2, 0.25) is 5.91 Å². The molecule has 2 heterocycles. The number of hydrogen-bond donors (Lipinski definition) is 1. The van der Waals surface area contributed by atoms with Crippen LogP contribution in [-0.4, -0.2) is 39.3 Å². The summed E-state index contributed by atoms with van der Waals surface area (Å²) >= 11 is 12.2. The Morgan fingerprint density at radius 3 is 2.66 bits per heavy atom. The number of carbonyl (C=O) groups excluding carboxylic acids is 1. The van der Waals surface area contributed by atoms with E-state index in [2.05, 4.69) is 10.2 Å². The zero-order chi connectivity index (χ0) is 22.5. The highest BCUT2D eigenvalue weighted by molar-refractivity contribution is 6.36. The normalized spacial score (nSPS) is 14.0. The van der Waals surface area contributed by atoms with Gasteiger partial charge in [-0.05, 0) is 48.5 Å². The van der Waals surface area contributed by atoms with Crippen LogP contribution >= 0.6 is 23.2 Å². The van der Waals surface area contributed by atoms with Gasteiger partial charge in [0.15, 0.2) is 0 Å². The van der Waals surface area contributed by atoms with E-state index in [1.54, 1.807) is 43.5 Å². The minimum atomic E-state index is -0.282. The number of halogens is 2. The molecule has 1 amide bonds. The van der Waals surface area contributed by atoms with Crippen LogP contribution in [0.4, 0.5) is 11.4 Å². The Kier molecular flexibility index (Phi) is 7.05. The van der Waals surface area contributed by atoms with Crippen LogP contribution in [0.25, 0.3) is 17.4 Å². The smallest absolute Gasteiger partial charge is 0.248 e. The highest BCUT2D eigenvalue weighted by Crippen LogP contribution is 2.32. The fourth-order valence-electron chi connectivity index (χ4n) is 3.43. The molecule has 1 N–H and O–H groups in total. The number of morpholine rings is 1. The molecule has 1 fully saturated rings. The molecule has 1 saturated heterocycles. The van der Waals surface area contributed by atoms with Crippen molar-refractivity contribution in [3.05, 3.63) is 70.4 Å². The minimum absolute atomic E-state index is 0.282. The molecule has 6 nitrogen and oxygen atoms in total. The van der Waals surface area contributed by atoms with E-state index >= 15 is 0 Å². The van der Waals surface area contributed by atoms with Gasteiger partial charge < -0.3 is 24.1 Å². The lowest BCUT2D eigenvalue weighted by Gasteiger charge is -2.30. The standard InChI is InChI=1S/C24H22Cl2N2O4/c1-30-18-3-7-22(28-10-12-31-13-11-28)21(15-18)27-24(29)9-5-17-4-8-23(32-17)19-6-2-16(25)14-20(19)26/h2-9,14-15H,10-13H2,1H3,(H,27,29)/b9-5+. The summed E-state index contributed by atoms with van der Waals surface area (Å²) in [5, 5.41) is 3.99. The Balaban J connectivity index is 1.48. The van der Waals surface area contributed by atoms with Crippen LogP contribution in [0.3, 0.4) is 0 Å². The molecule has 2 aromatic carbocycles. The first-order valence-electron chi connectivity index (χ1n) is 10.1. The van der Waals surface area contributed by atoms with Crippen molar-refractivity contribution in [2.24, 2.45) is 0 Å². The number of hydrogen-bond acceptors (Lipinski definition) is 5. The van der Waals surface area contributed by atoms with E-state index in [0.29, 0.717) is 46.2 Å². The molecular weight excluding hydrogens is 451 g/mol. The molecular formula is C24H22Cl2N2O4. The lowest BCUT2D eigenvalue weighted by Crippen LogP contribution is -2.36. The molecule has 32 heavy (non-hydrogen) atoms. The zero-order valence-electron chi connectivity index (χ0n) is 17.4. The number of methoxy groups -OCH3 is 1. The Hall–Kier alpha value is -2.93. The molecule has 8 heteroatoms. The topological polar surface area (TPSA) is 63.9 Å². The van der Waals surface area contributed by atoms with Gasteiger partial charge in [-0.15, -0.1) is 0 Å². The number of furan rings is 1. The maximum Gasteiger partial charge on any atom is 0.248 e. The molecule has 0 aliphatic carbocycles. The number of rotatable bonds is 6. The van der Waals surface area contributed by atoms with Gasteiger partial charge >= 0.3 is 0 Å². The molecule has 4 rings (SSSR count). The van der Waals surface area contributed by atoms with Crippen molar-refractivity contribution in [1.29, 1.82) is 0 Å². The summed E-state index contributed by atoms with van der Waals surface area (Å²) in [6.07, 6.45) is 3.03. The second-order valence-electron chi connectivity index (χ2n) is 7.13. The minimum Gasteiger partial charge on any atom is -0.497 e. The van der Waals surface area contributed by atoms with E-state index in [1.807, 2.05) is 18.2 Å². The summed E-state index contributed by atoms with van der Waals surface area (Å²) in [5.41, 5.74) is 2.33. The zero-order valence-corrected chi connectivity index (χ0v) is 18.9. The molecule has 0 atom stereocenters. The van der Waals surface area contributed by atoms with Gasteiger partial charge in [-0.1, -0.05) is 23.2 Å². The number of nitrogens with zero attached hydrogens (tertiary/aromatic N) is 1. The number of anilines is 2. The van der Waals surface area contributed by atoms with Crippen molar-refractivity contribution >= 4 is 46.6 Å². The van der Waals surface area contributed by atoms with Gasteiger partial charge in [-0.3, -0.25) is 4.79 Å². The van der Waals surface area contributed by atoms with Crippen LogP contribution in [0.1, 0.15) is 5.76 Å². The number of nitrogens with one attached hydrogen (secondary N) is 1. The van der Waals surface area contributed by atoms with E-state index < -0.39 is 0 Å². The Bertz CT molecular complexity index is 1140. The summed E-state index contributed by atoms with van der Waals surface area (Å²) < 4.78 is 16.6. The molecule has 0 saturated carbocycles. The van der Waals surface area contributed by atoms with Crippen molar-refractivity contribution in [3.63, 3.8) is 0 Å². The van der Waals surface area contributed by atoms with Crippen molar-refractivity contribution < 1.29 is 18.7 Å². The number of ether oxygens (including phenoxy) is 2. The highest BCUT2D eigenvalue weighted by atomic mass is 35.5. The molecule has 1 aromatic heterocycles. The third kappa shape index (κ3) is 5.27. The monoisotopic (exact) mass is 472 g/mol. The predicted octanol–water partition coefficient (Wildman–Crippen LogP) is 5.75. The van der Waals surface area contributed by atoms with Crippen LogP contribution in [0, 0.1) is 0 Å². The van der Waals surface area contributed by atoms with Crippen molar-refractivity contribution in [1.82, 2.24) is 0 Å². The number of carbonyl (C=O) groups is 1. The van der Waals surface area contributed by atoms with Gasteiger partial charge in [0, 0.05) is 35.8 Å². The SMILES string of the molecule is COc1ccc(N2CCOCC2)c(NC(=O)/C=C/c2ccc(-c3ccc(Cl)cc3Cl)o2)c1. The summed E-state index contributed by atoms with van der Waals surface area (Å²) in [4.78, 5) is 14.8.